The lowest BCUT2D eigenvalue weighted by atomic mass is 10.0. The lowest BCUT2D eigenvalue weighted by Gasteiger charge is -2.19. The highest BCUT2D eigenvalue weighted by atomic mass is 16.5. The molecule has 0 bridgehead atoms. The molecule has 0 saturated heterocycles. The number of phenols is 1. The Labute approximate surface area is 108 Å². The van der Waals surface area contributed by atoms with Crippen molar-refractivity contribution in [3.63, 3.8) is 0 Å². The first-order valence-corrected chi connectivity index (χ1v) is 5.92. The van der Waals surface area contributed by atoms with Crippen LogP contribution >= 0.6 is 0 Å². The summed E-state index contributed by atoms with van der Waals surface area (Å²) in [6.45, 7) is 6.59. The van der Waals surface area contributed by atoms with Crippen molar-refractivity contribution in [2.24, 2.45) is 0 Å². The Hall–Kier alpha value is -1.39. The minimum Gasteiger partial charge on any atom is -0.508 e. The van der Waals surface area contributed by atoms with E-state index in [9.17, 15) is 9.90 Å². The lowest BCUT2D eigenvalue weighted by molar-refractivity contribution is 0.0981. The van der Waals surface area contributed by atoms with Crippen molar-refractivity contribution < 1.29 is 14.6 Å². The van der Waals surface area contributed by atoms with Gasteiger partial charge in [0, 0.05) is 23.8 Å². The van der Waals surface area contributed by atoms with Gasteiger partial charge < -0.3 is 15.2 Å². The van der Waals surface area contributed by atoms with Crippen molar-refractivity contribution in [3.8, 4) is 5.75 Å². The molecule has 0 atom stereocenters. The molecule has 0 aromatic heterocycles. The third kappa shape index (κ3) is 4.47. The van der Waals surface area contributed by atoms with Crippen LogP contribution in [0.1, 0.15) is 36.7 Å². The Kier molecular flexibility index (Phi) is 4.87. The van der Waals surface area contributed by atoms with Gasteiger partial charge in [0.05, 0.1) is 13.2 Å². The molecule has 4 heteroatoms. The van der Waals surface area contributed by atoms with E-state index in [4.69, 9.17) is 4.74 Å². The van der Waals surface area contributed by atoms with Crippen LogP contribution in [0.4, 0.5) is 0 Å². The normalized spacial score (nSPS) is 11.6. The number of ether oxygens (including phenoxy) is 1. The van der Waals surface area contributed by atoms with Gasteiger partial charge in [0.25, 0.3) is 0 Å². The van der Waals surface area contributed by atoms with Crippen LogP contribution in [-0.4, -0.2) is 30.1 Å². The minimum absolute atomic E-state index is 0.00211. The molecule has 100 valence electrons. The zero-order valence-electron chi connectivity index (χ0n) is 11.4. The summed E-state index contributed by atoms with van der Waals surface area (Å²) in [5.41, 5.74) is 1.11. The first-order chi connectivity index (χ1) is 8.33. The number of phenolic OH excluding ortho intramolecular Hbond substituents is 1. The van der Waals surface area contributed by atoms with Gasteiger partial charge in [0.1, 0.15) is 5.75 Å². The number of carbonyl (C=O) groups excluding carboxylic acids is 1. The van der Waals surface area contributed by atoms with Crippen molar-refractivity contribution in [2.75, 3.05) is 13.7 Å². The Morgan fingerprint density at radius 3 is 2.61 bits per heavy atom. The van der Waals surface area contributed by atoms with Crippen molar-refractivity contribution >= 4 is 5.78 Å². The lowest BCUT2D eigenvalue weighted by Crippen LogP contribution is -2.39. The summed E-state index contributed by atoms with van der Waals surface area (Å²) in [5.74, 6) is 0.152. The van der Waals surface area contributed by atoms with Crippen LogP contribution in [0, 0.1) is 0 Å². The molecule has 0 radical (unpaired) electrons. The fourth-order valence-electron chi connectivity index (χ4n) is 1.48. The molecular weight excluding hydrogens is 230 g/mol. The Morgan fingerprint density at radius 1 is 1.39 bits per heavy atom. The van der Waals surface area contributed by atoms with E-state index < -0.39 is 0 Å². The summed E-state index contributed by atoms with van der Waals surface area (Å²) in [4.78, 5) is 12.0. The molecule has 1 aromatic carbocycles. The summed E-state index contributed by atoms with van der Waals surface area (Å²) >= 11 is 0. The van der Waals surface area contributed by atoms with Gasteiger partial charge in [-0.15, -0.1) is 0 Å². The van der Waals surface area contributed by atoms with Gasteiger partial charge in [-0.2, -0.15) is 0 Å². The van der Waals surface area contributed by atoms with Crippen LogP contribution in [0.3, 0.4) is 0 Å². The predicted octanol–water partition coefficient (Wildman–Crippen LogP) is 2.11. The number of aromatic hydroxyl groups is 1. The fraction of sp³-hybridized carbons (Fsp3) is 0.500. The molecule has 0 aliphatic heterocycles. The minimum atomic E-state index is -0.0953. The van der Waals surface area contributed by atoms with Gasteiger partial charge in [-0.25, -0.2) is 0 Å². The highest BCUT2D eigenvalue weighted by Crippen LogP contribution is 2.19. The molecule has 0 saturated carbocycles. The van der Waals surface area contributed by atoms with Gasteiger partial charge in [-0.05, 0) is 39.0 Å². The summed E-state index contributed by atoms with van der Waals surface area (Å²) in [6, 6.07) is 4.82. The molecule has 0 amide bonds. The van der Waals surface area contributed by atoms with Crippen LogP contribution in [-0.2, 0) is 11.3 Å². The highest BCUT2D eigenvalue weighted by molar-refractivity contribution is 5.98. The van der Waals surface area contributed by atoms with Crippen molar-refractivity contribution in [1.29, 1.82) is 0 Å². The number of benzene rings is 1. The SMILES string of the molecule is COCc1cc(C(=O)CNC(C)(C)C)ccc1O. The third-order valence-corrected chi connectivity index (χ3v) is 2.48. The van der Waals surface area contributed by atoms with Gasteiger partial charge in [0.15, 0.2) is 5.78 Å². The molecule has 0 heterocycles. The topological polar surface area (TPSA) is 58.6 Å². The Bertz CT molecular complexity index is 422. The molecule has 4 nitrogen and oxygen atoms in total. The van der Waals surface area contributed by atoms with Crippen molar-refractivity contribution in [3.05, 3.63) is 29.3 Å². The molecule has 0 spiro atoms. The van der Waals surface area contributed by atoms with Crippen molar-refractivity contribution in [1.82, 2.24) is 5.32 Å². The predicted molar refractivity (Wildman–Crippen MR) is 70.9 cm³/mol. The van der Waals surface area contributed by atoms with E-state index in [1.165, 1.54) is 6.07 Å². The number of Topliss-reactive ketones (excluding diaryl/α,β-unsaturated/α-hetero) is 1. The van der Waals surface area contributed by atoms with E-state index in [0.717, 1.165) is 0 Å². The standard InChI is InChI=1S/C14H21NO3/c1-14(2,3)15-8-13(17)10-5-6-12(16)11(7-10)9-18-4/h5-7,15-16H,8-9H2,1-4H3. The maximum absolute atomic E-state index is 12.0. The van der Waals surface area contributed by atoms with E-state index in [2.05, 4.69) is 5.32 Å². The van der Waals surface area contributed by atoms with Gasteiger partial charge in [-0.3, -0.25) is 4.79 Å². The summed E-state index contributed by atoms with van der Waals surface area (Å²) in [6.07, 6.45) is 0. The molecular formula is C14H21NO3. The second-order valence-electron chi connectivity index (χ2n) is 5.30. The Balaban J connectivity index is 2.77. The fourth-order valence-corrected chi connectivity index (χ4v) is 1.48. The molecule has 1 rings (SSSR count). The maximum Gasteiger partial charge on any atom is 0.176 e. The van der Waals surface area contributed by atoms with E-state index in [1.54, 1.807) is 19.2 Å². The average Bonchev–Trinajstić information content (AvgIpc) is 2.28. The van der Waals surface area contributed by atoms with E-state index in [-0.39, 0.29) is 23.6 Å². The zero-order valence-corrected chi connectivity index (χ0v) is 11.4. The van der Waals surface area contributed by atoms with Crippen LogP contribution in [0.2, 0.25) is 0 Å². The monoisotopic (exact) mass is 251 g/mol. The number of rotatable bonds is 5. The second kappa shape index (κ2) is 5.98. The summed E-state index contributed by atoms with van der Waals surface area (Å²) < 4.78 is 4.97. The third-order valence-electron chi connectivity index (χ3n) is 2.48. The summed E-state index contributed by atoms with van der Waals surface area (Å²) in [5, 5.41) is 12.7. The number of hydrogen-bond donors (Lipinski definition) is 2. The smallest absolute Gasteiger partial charge is 0.176 e. The highest BCUT2D eigenvalue weighted by Gasteiger charge is 2.14. The average molecular weight is 251 g/mol. The molecule has 0 aliphatic rings. The largest absolute Gasteiger partial charge is 0.508 e. The van der Waals surface area contributed by atoms with Gasteiger partial charge in [0.2, 0.25) is 0 Å². The van der Waals surface area contributed by atoms with Crippen LogP contribution in [0.25, 0.3) is 0 Å². The Morgan fingerprint density at radius 2 is 2.06 bits per heavy atom. The molecule has 0 aliphatic carbocycles. The van der Waals surface area contributed by atoms with E-state index in [0.29, 0.717) is 17.7 Å². The van der Waals surface area contributed by atoms with E-state index in [1.807, 2.05) is 20.8 Å². The number of hydrogen-bond acceptors (Lipinski definition) is 4. The van der Waals surface area contributed by atoms with Crippen LogP contribution < -0.4 is 5.32 Å². The number of carbonyl (C=O) groups is 1. The van der Waals surface area contributed by atoms with Gasteiger partial charge in [-0.1, -0.05) is 0 Å². The van der Waals surface area contributed by atoms with Crippen LogP contribution in [0.15, 0.2) is 18.2 Å². The van der Waals surface area contributed by atoms with E-state index >= 15 is 0 Å². The van der Waals surface area contributed by atoms with Crippen LogP contribution in [0.5, 0.6) is 5.75 Å². The number of ketones is 1. The molecule has 0 unspecified atom stereocenters. The first-order valence-electron chi connectivity index (χ1n) is 5.92. The second-order valence-corrected chi connectivity index (χ2v) is 5.30. The zero-order chi connectivity index (χ0) is 13.8. The molecule has 1 aromatic rings. The molecule has 0 fully saturated rings. The summed E-state index contributed by atoms with van der Waals surface area (Å²) in [7, 11) is 1.55. The van der Waals surface area contributed by atoms with Gasteiger partial charge >= 0.3 is 0 Å². The number of methoxy groups -OCH3 is 1. The van der Waals surface area contributed by atoms with Crippen molar-refractivity contribution in [2.45, 2.75) is 32.9 Å². The quantitative estimate of drug-likeness (QED) is 0.787. The molecule has 18 heavy (non-hydrogen) atoms. The first kappa shape index (κ1) is 14.7. The maximum atomic E-state index is 12.0. The molecule has 2 N–H and O–H groups in total. The number of nitrogens with one attached hydrogen (secondary N) is 1.